The number of carbonyl (C=O) groups is 1. The minimum Gasteiger partial charge on any atom is -0.481 e. The fourth-order valence-corrected chi connectivity index (χ4v) is 2.30. The Labute approximate surface area is 121 Å². The maximum atomic E-state index is 13.5. The van der Waals surface area contributed by atoms with Crippen molar-refractivity contribution in [3.05, 3.63) is 29.6 Å². The van der Waals surface area contributed by atoms with Gasteiger partial charge in [0, 0.05) is 5.56 Å². The molecule has 2 rings (SSSR count). The fraction of sp³-hybridized carbons (Fsp3) is 0.429. The van der Waals surface area contributed by atoms with Gasteiger partial charge in [0.2, 0.25) is 0 Å². The van der Waals surface area contributed by atoms with E-state index in [4.69, 9.17) is 5.11 Å². The van der Waals surface area contributed by atoms with Gasteiger partial charge in [-0.2, -0.15) is 0 Å². The van der Waals surface area contributed by atoms with Gasteiger partial charge in [-0.25, -0.2) is 9.07 Å². The second-order valence-corrected chi connectivity index (χ2v) is 4.95. The Kier molecular flexibility index (Phi) is 4.62. The van der Waals surface area contributed by atoms with Crippen molar-refractivity contribution in [2.75, 3.05) is 0 Å². The van der Waals surface area contributed by atoms with E-state index >= 15 is 0 Å². The molecule has 21 heavy (non-hydrogen) atoms. The molecule has 6 nitrogen and oxygen atoms in total. The van der Waals surface area contributed by atoms with Crippen LogP contribution in [0.25, 0.3) is 11.4 Å². The highest BCUT2D eigenvalue weighted by Crippen LogP contribution is 2.27. The molecule has 0 aliphatic carbocycles. The van der Waals surface area contributed by atoms with E-state index in [1.165, 1.54) is 16.8 Å². The first-order chi connectivity index (χ1) is 10.0. The van der Waals surface area contributed by atoms with E-state index < -0.39 is 5.97 Å². The largest absolute Gasteiger partial charge is 0.481 e. The molecule has 112 valence electrons. The topological polar surface area (TPSA) is 80.9 Å². The SMILES string of the molecule is CCCC(CC(=O)O)n1nnnc1-c1cc(F)ccc1C. The Balaban J connectivity index is 2.45. The van der Waals surface area contributed by atoms with Crippen LogP contribution in [0.15, 0.2) is 18.2 Å². The Bertz CT molecular complexity index is 642. The van der Waals surface area contributed by atoms with Crippen LogP contribution in [0.1, 0.15) is 37.8 Å². The van der Waals surface area contributed by atoms with Gasteiger partial charge in [0.1, 0.15) is 5.82 Å². The van der Waals surface area contributed by atoms with E-state index in [0.29, 0.717) is 17.8 Å². The van der Waals surface area contributed by atoms with Gasteiger partial charge in [-0.15, -0.1) is 5.10 Å². The monoisotopic (exact) mass is 292 g/mol. The highest BCUT2D eigenvalue weighted by molar-refractivity contribution is 5.67. The van der Waals surface area contributed by atoms with Crippen LogP contribution in [0.5, 0.6) is 0 Å². The maximum Gasteiger partial charge on any atom is 0.305 e. The normalized spacial score (nSPS) is 12.3. The molecule has 0 bridgehead atoms. The highest BCUT2D eigenvalue weighted by atomic mass is 19.1. The zero-order valence-corrected chi connectivity index (χ0v) is 12.0. The number of carboxylic acids is 1. The lowest BCUT2D eigenvalue weighted by molar-refractivity contribution is -0.138. The van der Waals surface area contributed by atoms with Crippen molar-refractivity contribution >= 4 is 5.97 Å². The minimum atomic E-state index is -0.911. The van der Waals surface area contributed by atoms with Gasteiger partial charge in [0.25, 0.3) is 0 Å². The van der Waals surface area contributed by atoms with Crippen LogP contribution in [0.4, 0.5) is 4.39 Å². The summed E-state index contributed by atoms with van der Waals surface area (Å²) in [6.07, 6.45) is 1.37. The van der Waals surface area contributed by atoms with Gasteiger partial charge in [0.05, 0.1) is 12.5 Å². The molecule has 7 heteroatoms. The fourth-order valence-electron chi connectivity index (χ4n) is 2.30. The summed E-state index contributed by atoms with van der Waals surface area (Å²) < 4.78 is 14.9. The summed E-state index contributed by atoms with van der Waals surface area (Å²) in [6.45, 7) is 3.80. The van der Waals surface area contributed by atoms with Crippen LogP contribution in [0, 0.1) is 12.7 Å². The Hall–Kier alpha value is -2.31. The minimum absolute atomic E-state index is 0.0692. The van der Waals surface area contributed by atoms with Crippen molar-refractivity contribution in [3.63, 3.8) is 0 Å². The lowest BCUT2D eigenvalue weighted by Gasteiger charge is -2.16. The Morgan fingerprint density at radius 2 is 2.24 bits per heavy atom. The number of aromatic nitrogens is 4. The zero-order chi connectivity index (χ0) is 15.4. The number of carboxylic acid groups (broad SMARTS) is 1. The third kappa shape index (κ3) is 3.42. The third-order valence-electron chi connectivity index (χ3n) is 3.31. The zero-order valence-electron chi connectivity index (χ0n) is 12.0. The third-order valence-corrected chi connectivity index (χ3v) is 3.31. The van der Waals surface area contributed by atoms with Crippen LogP contribution < -0.4 is 0 Å². The van der Waals surface area contributed by atoms with Crippen LogP contribution in [-0.4, -0.2) is 31.3 Å². The van der Waals surface area contributed by atoms with E-state index in [0.717, 1.165) is 12.0 Å². The molecule has 1 unspecified atom stereocenters. The predicted octanol–water partition coefficient (Wildman–Crippen LogP) is 2.60. The number of rotatable bonds is 6. The summed E-state index contributed by atoms with van der Waals surface area (Å²) in [4.78, 5) is 11.0. The van der Waals surface area contributed by atoms with Crippen molar-refractivity contribution in [2.45, 2.75) is 39.2 Å². The average molecular weight is 292 g/mol. The smallest absolute Gasteiger partial charge is 0.305 e. The summed E-state index contributed by atoms with van der Waals surface area (Å²) in [5.74, 6) is -0.895. The molecule has 1 heterocycles. The van der Waals surface area contributed by atoms with Crippen molar-refractivity contribution in [1.29, 1.82) is 0 Å². The number of benzene rings is 1. The first-order valence-electron chi connectivity index (χ1n) is 6.79. The second-order valence-electron chi connectivity index (χ2n) is 4.95. The van der Waals surface area contributed by atoms with Gasteiger partial charge in [-0.1, -0.05) is 19.4 Å². The second kappa shape index (κ2) is 6.43. The van der Waals surface area contributed by atoms with Crippen LogP contribution in [-0.2, 0) is 4.79 Å². The van der Waals surface area contributed by atoms with Crippen molar-refractivity contribution in [1.82, 2.24) is 20.2 Å². The summed E-state index contributed by atoms with van der Waals surface area (Å²) in [5, 5.41) is 20.5. The molecule has 0 saturated carbocycles. The summed E-state index contributed by atoms with van der Waals surface area (Å²) in [5.41, 5.74) is 1.41. The van der Waals surface area contributed by atoms with Gasteiger partial charge < -0.3 is 5.11 Å². The lowest BCUT2D eigenvalue weighted by Crippen LogP contribution is -2.16. The van der Waals surface area contributed by atoms with E-state index in [1.54, 1.807) is 6.07 Å². The first kappa shape index (κ1) is 15.1. The van der Waals surface area contributed by atoms with E-state index in [1.807, 2.05) is 13.8 Å². The number of aliphatic carboxylic acids is 1. The molecule has 0 fully saturated rings. The highest BCUT2D eigenvalue weighted by Gasteiger charge is 2.21. The molecule has 0 amide bonds. The van der Waals surface area contributed by atoms with E-state index in [9.17, 15) is 9.18 Å². The van der Waals surface area contributed by atoms with Gasteiger partial charge in [0.15, 0.2) is 5.82 Å². The number of halogens is 1. The van der Waals surface area contributed by atoms with Crippen molar-refractivity contribution < 1.29 is 14.3 Å². The maximum absolute atomic E-state index is 13.5. The van der Waals surface area contributed by atoms with Gasteiger partial charge >= 0.3 is 5.97 Å². The number of tetrazole rings is 1. The quantitative estimate of drug-likeness (QED) is 0.885. The molecule has 2 aromatic rings. The van der Waals surface area contributed by atoms with E-state index in [2.05, 4.69) is 15.5 Å². The number of hydrogen-bond donors (Lipinski definition) is 1. The lowest BCUT2D eigenvalue weighted by atomic mass is 10.1. The summed E-state index contributed by atoms with van der Waals surface area (Å²) in [7, 11) is 0. The molecule has 1 N–H and O–H groups in total. The first-order valence-corrected chi connectivity index (χ1v) is 6.79. The molecule has 1 aromatic heterocycles. The van der Waals surface area contributed by atoms with Crippen LogP contribution >= 0.6 is 0 Å². The number of aryl methyl sites for hydroxylation is 1. The molecule has 1 aromatic carbocycles. The molecule has 0 radical (unpaired) electrons. The van der Waals surface area contributed by atoms with Crippen LogP contribution in [0.3, 0.4) is 0 Å². The van der Waals surface area contributed by atoms with Crippen LogP contribution in [0.2, 0.25) is 0 Å². The van der Waals surface area contributed by atoms with Gasteiger partial charge in [-0.05, 0) is 41.5 Å². The van der Waals surface area contributed by atoms with E-state index in [-0.39, 0.29) is 18.3 Å². The van der Waals surface area contributed by atoms with Crippen molar-refractivity contribution in [2.24, 2.45) is 0 Å². The number of hydrogen-bond acceptors (Lipinski definition) is 4. The van der Waals surface area contributed by atoms with Crippen molar-refractivity contribution in [3.8, 4) is 11.4 Å². The molecule has 0 spiro atoms. The molecule has 0 saturated heterocycles. The number of nitrogens with zero attached hydrogens (tertiary/aromatic N) is 4. The summed E-state index contributed by atoms with van der Waals surface area (Å²) >= 11 is 0. The molecular formula is C14H17FN4O2. The molecule has 0 aliphatic rings. The van der Waals surface area contributed by atoms with Gasteiger partial charge in [-0.3, -0.25) is 4.79 Å². The Morgan fingerprint density at radius 1 is 1.48 bits per heavy atom. The Morgan fingerprint density at radius 3 is 2.90 bits per heavy atom. The standard InChI is InChI=1S/C14H17FN4O2/c1-3-4-11(8-13(20)21)19-14(16-17-18-19)12-7-10(15)6-5-9(12)2/h5-7,11H,3-4,8H2,1-2H3,(H,20,21). The summed E-state index contributed by atoms with van der Waals surface area (Å²) in [6, 6.07) is 4.03. The predicted molar refractivity (Wildman–Crippen MR) is 74.1 cm³/mol. The molecule has 1 atom stereocenters. The molecule has 0 aliphatic heterocycles. The molecular weight excluding hydrogens is 275 g/mol. The average Bonchev–Trinajstić information content (AvgIpc) is 2.89.